The van der Waals surface area contributed by atoms with Crippen molar-refractivity contribution in [2.75, 3.05) is 13.1 Å². The average molecular weight is 304 g/mol. The molecule has 0 fully saturated rings. The van der Waals surface area contributed by atoms with Gasteiger partial charge in [-0.3, -0.25) is 4.79 Å². The Labute approximate surface area is 130 Å². The number of oxime groups is 1. The highest BCUT2D eigenvalue weighted by atomic mass is 19.1. The summed E-state index contributed by atoms with van der Waals surface area (Å²) < 4.78 is 13.3. The Balaban J connectivity index is 1.99. The molecule has 5 heteroatoms. The van der Waals surface area contributed by atoms with Crippen molar-refractivity contribution in [3.63, 3.8) is 0 Å². The van der Waals surface area contributed by atoms with Gasteiger partial charge >= 0.3 is 0 Å². The number of carbonyl (C=O) groups is 1. The van der Waals surface area contributed by atoms with Gasteiger partial charge < -0.3 is 9.74 Å². The monoisotopic (exact) mass is 304 g/mol. The first-order valence-electron chi connectivity index (χ1n) is 7.39. The quantitative estimate of drug-likeness (QED) is 0.758. The largest absolute Gasteiger partial charge is 0.390 e. The fourth-order valence-electron chi connectivity index (χ4n) is 2.39. The second kappa shape index (κ2) is 7.20. The van der Waals surface area contributed by atoms with Crippen LogP contribution in [0.15, 0.2) is 42.1 Å². The molecule has 0 spiro atoms. The lowest BCUT2D eigenvalue weighted by molar-refractivity contribution is -0.135. The first kappa shape index (κ1) is 16.2. The summed E-state index contributed by atoms with van der Waals surface area (Å²) in [6.45, 7) is 8.34. The Morgan fingerprint density at radius 3 is 3.00 bits per heavy atom. The number of hydrogen-bond acceptors (Lipinski definition) is 3. The first-order chi connectivity index (χ1) is 10.5. The maximum atomic E-state index is 13.3. The normalized spacial score (nSPS) is 17.1. The van der Waals surface area contributed by atoms with Crippen molar-refractivity contribution in [3.05, 3.63) is 48.3 Å². The lowest BCUT2D eigenvalue weighted by Gasteiger charge is -2.25. The second-order valence-corrected chi connectivity index (χ2v) is 5.67. The van der Waals surface area contributed by atoms with Gasteiger partial charge in [-0.1, -0.05) is 37.2 Å². The molecule has 0 bridgehead atoms. The third-order valence-electron chi connectivity index (χ3n) is 3.47. The SMILES string of the molecule is C=CCN(C[C@@H]1CC(c2cccc(F)c2)=NO1)C(=O)C(C)C. The highest BCUT2D eigenvalue weighted by Crippen LogP contribution is 2.19. The predicted octanol–water partition coefficient (Wildman–Crippen LogP) is 2.99. The van der Waals surface area contributed by atoms with E-state index in [0.29, 0.717) is 30.8 Å². The molecule has 1 aromatic carbocycles. The molecule has 0 saturated carbocycles. The topological polar surface area (TPSA) is 41.9 Å². The summed E-state index contributed by atoms with van der Waals surface area (Å²) in [6, 6.07) is 6.27. The molecule has 1 aliphatic heterocycles. The average Bonchev–Trinajstić information content (AvgIpc) is 2.94. The van der Waals surface area contributed by atoms with E-state index in [0.717, 1.165) is 0 Å². The second-order valence-electron chi connectivity index (χ2n) is 5.67. The fourth-order valence-corrected chi connectivity index (χ4v) is 2.39. The van der Waals surface area contributed by atoms with Crippen molar-refractivity contribution in [1.29, 1.82) is 0 Å². The molecule has 0 aliphatic carbocycles. The molecule has 0 radical (unpaired) electrons. The van der Waals surface area contributed by atoms with Crippen LogP contribution >= 0.6 is 0 Å². The molecule has 118 valence electrons. The summed E-state index contributed by atoms with van der Waals surface area (Å²) in [5, 5.41) is 4.03. The summed E-state index contributed by atoms with van der Waals surface area (Å²) in [4.78, 5) is 19.3. The van der Waals surface area contributed by atoms with Crippen molar-refractivity contribution in [3.8, 4) is 0 Å². The van der Waals surface area contributed by atoms with Gasteiger partial charge in [0.2, 0.25) is 5.91 Å². The van der Waals surface area contributed by atoms with Crippen LogP contribution < -0.4 is 0 Å². The number of halogens is 1. The lowest BCUT2D eigenvalue weighted by Crippen LogP contribution is -2.40. The minimum absolute atomic E-state index is 0.0581. The maximum Gasteiger partial charge on any atom is 0.225 e. The Bertz CT molecular complexity index is 584. The van der Waals surface area contributed by atoms with Gasteiger partial charge in [-0.2, -0.15) is 0 Å². The van der Waals surface area contributed by atoms with E-state index in [1.807, 2.05) is 13.8 Å². The number of rotatable bonds is 6. The predicted molar refractivity (Wildman–Crippen MR) is 84.0 cm³/mol. The summed E-state index contributed by atoms with van der Waals surface area (Å²) in [7, 11) is 0. The van der Waals surface area contributed by atoms with Gasteiger partial charge in [0.05, 0.1) is 12.3 Å². The molecule has 1 atom stereocenters. The van der Waals surface area contributed by atoms with E-state index in [-0.39, 0.29) is 23.7 Å². The van der Waals surface area contributed by atoms with Crippen LogP contribution in [-0.4, -0.2) is 35.7 Å². The molecule has 22 heavy (non-hydrogen) atoms. The van der Waals surface area contributed by atoms with Gasteiger partial charge in [-0.25, -0.2) is 4.39 Å². The van der Waals surface area contributed by atoms with Gasteiger partial charge in [0.25, 0.3) is 0 Å². The van der Waals surface area contributed by atoms with E-state index in [2.05, 4.69) is 11.7 Å². The van der Waals surface area contributed by atoms with E-state index in [9.17, 15) is 9.18 Å². The summed E-state index contributed by atoms with van der Waals surface area (Å²) in [6.07, 6.45) is 2.05. The van der Waals surface area contributed by atoms with E-state index in [1.165, 1.54) is 12.1 Å². The Morgan fingerprint density at radius 2 is 2.36 bits per heavy atom. The van der Waals surface area contributed by atoms with Crippen LogP contribution in [0.25, 0.3) is 0 Å². The van der Waals surface area contributed by atoms with Gasteiger partial charge in [0.15, 0.2) is 6.10 Å². The third kappa shape index (κ3) is 3.93. The molecule has 2 rings (SSSR count). The highest BCUT2D eigenvalue weighted by molar-refractivity contribution is 6.01. The molecule has 0 N–H and O–H groups in total. The molecule has 4 nitrogen and oxygen atoms in total. The zero-order chi connectivity index (χ0) is 16.1. The number of carbonyl (C=O) groups excluding carboxylic acids is 1. The van der Waals surface area contributed by atoms with Crippen LogP contribution in [-0.2, 0) is 9.63 Å². The van der Waals surface area contributed by atoms with Crippen LogP contribution in [0.4, 0.5) is 4.39 Å². The lowest BCUT2D eigenvalue weighted by atomic mass is 10.0. The van der Waals surface area contributed by atoms with Gasteiger partial charge in [0, 0.05) is 24.4 Å². The van der Waals surface area contributed by atoms with Crippen molar-refractivity contribution >= 4 is 11.6 Å². The van der Waals surface area contributed by atoms with Crippen LogP contribution in [0.2, 0.25) is 0 Å². The first-order valence-corrected chi connectivity index (χ1v) is 7.39. The van der Waals surface area contributed by atoms with Gasteiger partial charge in [-0.15, -0.1) is 6.58 Å². The standard InChI is InChI=1S/C17H21FN2O2/c1-4-8-20(17(21)12(2)3)11-15-10-16(19-22-15)13-6-5-7-14(18)9-13/h4-7,9,12,15H,1,8,10-11H2,2-3H3/t15-/m0/s1. The van der Waals surface area contributed by atoms with Gasteiger partial charge in [0.1, 0.15) is 5.82 Å². The fraction of sp³-hybridized carbons (Fsp3) is 0.412. The number of nitrogens with zero attached hydrogens (tertiary/aromatic N) is 2. The minimum Gasteiger partial charge on any atom is -0.390 e. The van der Waals surface area contributed by atoms with Crippen LogP contribution in [0.5, 0.6) is 0 Å². The molecular weight excluding hydrogens is 283 g/mol. The van der Waals surface area contributed by atoms with Crippen LogP contribution in [0.3, 0.4) is 0 Å². The Hall–Kier alpha value is -2.17. The highest BCUT2D eigenvalue weighted by Gasteiger charge is 2.27. The van der Waals surface area contributed by atoms with Crippen molar-refractivity contribution in [2.24, 2.45) is 11.1 Å². The van der Waals surface area contributed by atoms with Crippen LogP contribution in [0.1, 0.15) is 25.8 Å². The Morgan fingerprint density at radius 1 is 1.59 bits per heavy atom. The Kier molecular flexibility index (Phi) is 5.31. The molecular formula is C17H21FN2O2. The molecule has 1 aliphatic rings. The minimum atomic E-state index is -0.299. The molecule has 0 saturated heterocycles. The third-order valence-corrected chi connectivity index (χ3v) is 3.47. The van der Waals surface area contributed by atoms with E-state index in [1.54, 1.807) is 23.1 Å². The zero-order valence-electron chi connectivity index (χ0n) is 13.0. The number of hydrogen-bond donors (Lipinski definition) is 0. The summed E-state index contributed by atoms with van der Waals surface area (Å²) in [5.41, 5.74) is 1.42. The van der Waals surface area contributed by atoms with E-state index >= 15 is 0 Å². The maximum absolute atomic E-state index is 13.3. The molecule has 1 amide bonds. The number of amides is 1. The molecule has 1 aromatic rings. The molecule has 0 aromatic heterocycles. The van der Waals surface area contributed by atoms with Crippen LogP contribution in [0, 0.1) is 11.7 Å². The molecule has 0 unspecified atom stereocenters. The van der Waals surface area contributed by atoms with Crippen molar-refractivity contribution < 1.29 is 14.0 Å². The van der Waals surface area contributed by atoms with Gasteiger partial charge in [-0.05, 0) is 12.1 Å². The summed E-state index contributed by atoms with van der Waals surface area (Å²) in [5.74, 6) is -0.320. The van der Waals surface area contributed by atoms with Crippen molar-refractivity contribution in [1.82, 2.24) is 4.90 Å². The summed E-state index contributed by atoms with van der Waals surface area (Å²) >= 11 is 0. The smallest absolute Gasteiger partial charge is 0.225 e. The number of benzene rings is 1. The van der Waals surface area contributed by atoms with Crippen molar-refractivity contribution in [2.45, 2.75) is 26.4 Å². The molecule has 1 heterocycles. The zero-order valence-corrected chi connectivity index (χ0v) is 13.0. The van der Waals surface area contributed by atoms with E-state index < -0.39 is 0 Å². The van der Waals surface area contributed by atoms with E-state index in [4.69, 9.17) is 4.84 Å².